The normalized spacial score (nSPS) is 19.6. The van der Waals surface area contributed by atoms with Crippen molar-refractivity contribution in [2.24, 2.45) is 5.92 Å². The van der Waals surface area contributed by atoms with E-state index < -0.39 is 0 Å². The van der Waals surface area contributed by atoms with E-state index in [9.17, 15) is 9.59 Å². The van der Waals surface area contributed by atoms with Crippen LogP contribution in [0.15, 0.2) is 6.33 Å². The first kappa shape index (κ1) is 23.8. The Labute approximate surface area is 198 Å². The molecule has 2 aromatic rings. The van der Waals surface area contributed by atoms with Crippen LogP contribution >= 0.6 is 11.3 Å². The number of thiophene rings is 1. The predicted octanol–water partition coefficient (Wildman–Crippen LogP) is 2.55. The van der Waals surface area contributed by atoms with Gasteiger partial charge >= 0.3 is 5.97 Å². The third-order valence-corrected chi connectivity index (χ3v) is 7.48. The SMILES string of the molecule is CCOC(=O)[C@@H]1CCCN(C(=O)c2sc3ncnc(NCCCN4CCOCC4)c3c2C)C1. The third kappa shape index (κ3) is 5.62. The zero-order valence-corrected chi connectivity index (χ0v) is 20.3. The Hall–Kier alpha value is -2.30. The van der Waals surface area contributed by atoms with Crippen LogP contribution in [-0.4, -0.2) is 90.7 Å². The lowest BCUT2D eigenvalue weighted by Crippen LogP contribution is -2.42. The quantitative estimate of drug-likeness (QED) is 0.460. The van der Waals surface area contributed by atoms with E-state index >= 15 is 0 Å². The maximum Gasteiger partial charge on any atom is 0.310 e. The van der Waals surface area contributed by atoms with E-state index in [4.69, 9.17) is 9.47 Å². The second-order valence-electron chi connectivity index (χ2n) is 8.54. The second kappa shape index (κ2) is 11.2. The number of hydrogen-bond donors (Lipinski definition) is 1. The molecule has 2 saturated heterocycles. The van der Waals surface area contributed by atoms with Crippen molar-refractivity contribution in [3.63, 3.8) is 0 Å². The highest BCUT2D eigenvalue weighted by atomic mass is 32.1. The fraction of sp³-hybridized carbons (Fsp3) is 0.652. The molecule has 0 bridgehead atoms. The molecule has 2 fully saturated rings. The van der Waals surface area contributed by atoms with Crippen molar-refractivity contribution in [2.75, 3.05) is 64.4 Å². The van der Waals surface area contributed by atoms with Gasteiger partial charge in [-0.1, -0.05) is 0 Å². The molecule has 0 unspecified atom stereocenters. The lowest BCUT2D eigenvalue weighted by molar-refractivity contribution is -0.149. The number of fused-ring (bicyclic) bond motifs is 1. The molecule has 33 heavy (non-hydrogen) atoms. The Morgan fingerprint density at radius 3 is 2.88 bits per heavy atom. The van der Waals surface area contributed by atoms with Gasteiger partial charge < -0.3 is 19.7 Å². The molecule has 0 aromatic carbocycles. The number of anilines is 1. The molecular weight excluding hydrogens is 442 g/mol. The molecule has 2 aliphatic rings. The van der Waals surface area contributed by atoms with Crippen molar-refractivity contribution < 1.29 is 19.1 Å². The molecular formula is C23H33N5O4S. The number of nitrogens with zero attached hydrogens (tertiary/aromatic N) is 4. The van der Waals surface area contributed by atoms with Gasteiger partial charge in [0, 0.05) is 32.7 Å². The second-order valence-corrected chi connectivity index (χ2v) is 9.53. The Kier molecular flexibility index (Phi) is 8.11. The number of hydrogen-bond acceptors (Lipinski definition) is 9. The summed E-state index contributed by atoms with van der Waals surface area (Å²) in [4.78, 5) is 40.1. The number of morpholine rings is 1. The number of amides is 1. The number of carbonyl (C=O) groups is 2. The van der Waals surface area contributed by atoms with Crippen molar-refractivity contribution in [3.8, 4) is 0 Å². The highest BCUT2D eigenvalue weighted by Crippen LogP contribution is 2.34. The molecule has 0 radical (unpaired) electrons. The summed E-state index contributed by atoms with van der Waals surface area (Å²) in [5.41, 5.74) is 0.898. The number of esters is 1. The van der Waals surface area contributed by atoms with Crippen LogP contribution in [0.25, 0.3) is 10.2 Å². The van der Waals surface area contributed by atoms with Crippen LogP contribution in [0.4, 0.5) is 5.82 Å². The van der Waals surface area contributed by atoms with E-state index in [0.717, 1.165) is 80.3 Å². The Bertz CT molecular complexity index is 975. The zero-order valence-electron chi connectivity index (χ0n) is 19.5. The standard InChI is InChI=1S/C23H33N5O4S/c1-3-32-23(30)17-6-4-9-28(14-17)22(29)19-16(2)18-20(25-15-26-21(18)33-19)24-7-5-8-27-10-12-31-13-11-27/h15,17H,3-14H2,1-2H3,(H,24,25,26)/t17-/m1/s1. The minimum absolute atomic E-state index is 0.0391. The number of nitrogens with one attached hydrogen (secondary N) is 1. The van der Waals surface area contributed by atoms with Gasteiger partial charge in [0.2, 0.25) is 0 Å². The largest absolute Gasteiger partial charge is 0.466 e. The molecule has 2 aromatic heterocycles. The minimum Gasteiger partial charge on any atom is -0.466 e. The van der Waals surface area contributed by atoms with Gasteiger partial charge in [-0.2, -0.15) is 0 Å². The van der Waals surface area contributed by atoms with Crippen LogP contribution in [0.3, 0.4) is 0 Å². The summed E-state index contributed by atoms with van der Waals surface area (Å²) in [7, 11) is 0. The molecule has 2 aliphatic heterocycles. The number of likely N-dealkylation sites (tertiary alicyclic amines) is 1. The van der Waals surface area contributed by atoms with Crippen molar-refractivity contribution in [3.05, 3.63) is 16.8 Å². The maximum absolute atomic E-state index is 13.4. The van der Waals surface area contributed by atoms with Crippen LogP contribution in [0, 0.1) is 12.8 Å². The van der Waals surface area contributed by atoms with Crippen LogP contribution in [-0.2, 0) is 14.3 Å². The van der Waals surface area contributed by atoms with Gasteiger partial charge in [0.1, 0.15) is 17.0 Å². The lowest BCUT2D eigenvalue weighted by Gasteiger charge is -2.31. The van der Waals surface area contributed by atoms with E-state index in [1.165, 1.54) is 11.3 Å². The Morgan fingerprint density at radius 1 is 1.27 bits per heavy atom. The van der Waals surface area contributed by atoms with Gasteiger partial charge in [-0.3, -0.25) is 14.5 Å². The zero-order chi connectivity index (χ0) is 23.2. The van der Waals surface area contributed by atoms with Crippen molar-refractivity contribution >= 4 is 39.2 Å². The number of aromatic nitrogens is 2. The molecule has 0 aliphatic carbocycles. The summed E-state index contributed by atoms with van der Waals surface area (Å²) >= 11 is 1.40. The molecule has 9 nitrogen and oxygen atoms in total. The van der Waals surface area contributed by atoms with E-state index in [1.54, 1.807) is 18.2 Å². The first-order chi connectivity index (χ1) is 16.1. The number of ether oxygens (including phenoxy) is 2. The first-order valence-electron chi connectivity index (χ1n) is 11.8. The number of aryl methyl sites for hydroxylation is 1. The summed E-state index contributed by atoms with van der Waals surface area (Å²) in [5, 5.41) is 4.36. The van der Waals surface area contributed by atoms with Crippen molar-refractivity contribution in [1.82, 2.24) is 19.8 Å². The first-order valence-corrected chi connectivity index (χ1v) is 12.6. The Balaban J connectivity index is 1.43. The van der Waals surface area contributed by atoms with Crippen molar-refractivity contribution in [2.45, 2.75) is 33.1 Å². The lowest BCUT2D eigenvalue weighted by atomic mass is 9.98. The highest BCUT2D eigenvalue weighted by Gasteiger charge is 2.31. The van der Waals surface area contributed by atoms with Gasteiger partial charge in [-0.15, -0.1) is 11.3 Å². The number of piperidine rings is 1. The molecule has 1 amide bonds. The molecule has 0 spiro atoms. The molecule has 10 heteroatoms. The van der Waals surface area contributed by atoms with Crippen LogP contribution in [0.1, 0.15) is 41.4 Å². The van der Waals surface area contributed by atoms with Crippen LogP contribution in [0.2, 0.25) is 0 Å². The molecule has 1 N–H and O–H groups in total. The predicted molar refractivity (Wildman–Crippen MR) is 128 cm³/mol. The van der Waals surface area contributed by atoms with Gasteiger partial charge in [0.05, 0.1) is 36.0 Å². The maximum atomic E-state index is 13.4. The van der Waals surface area contributed by atoms with Gasteiger partial charge in [-0.05, 0) is 45.2 Å². The molecule has 4 heterocycles. The van der Waals surface area contributed by atoms with E-state index in [-0.39, 0.29) is 17.8 Å². The monoisotopic (exact) mass is 475 g/mol. The molecule has 180 valence electrons. The van der Waals surface area contributed by atoms with E-state index in [1.807, 2.05) is 6.92 Å². The fourth-order valence-corrected chi connectivity index (χ4v) is 5.62. The minimum atomic E-state index is -0.249. The Morgan fingerprint density at radius 2 is 2.09 bits per heavy atom. The molecule has 0 saturated carbocycles. The summed E-state index contributed by atoms with van der Waals surface area (Å²) in [6.45, 7) is 10.6. The van der Waals surface area contributed by atoms with Crippen molar-refractivity contribution in [1.29, 1.82) is 0 Å². The number of carbonyl (C=O) groups excluding carboxylic acids is 2. The average molecular weight is 476 g/mol. The highest BCUT2D eigenvalue weighted by molar-refractivity contribution is 7.20. The molecule has 1 atom stereocenters. The van der Waals surface area contributed by atoms with Gasteiger partial charge in [0.25, 0.3) is 5.91 Å². The third-order valence-electron chi connectivity index (χ3n) is 6.30. The average Bonchev–Trinajstić information content (AvgIpc) is 3.19. The van der Waals surface area contributed by atoms with Gasteiger partial charge in [-0.25, -0.2) is 9.97 Å². The van der Waals surface area contributed by atoms with E-state index in [2.05, 4.69) is 20.2 Å². The van der Waals surface area contributed by atoms with E-state index in [0.29, 0.717) is 24.6 Å². The van der Waals surface area contributed by atoms with Crippen LogP contribution in [0.5, 0.6) is 0 Å². The van der Waals surface area contributed by atoms with Gasteiger partial charge in [0.15, 0.2) is 0 Å². The topological polar surface area (TPSA) is 96.9 Å². The summed E-state index contributed by atoms with van der Waals surface area (Å²) in [5.74, 6) is 0.277. The summed E-state index contributed by atoms with van der Waals surface area (Å²) in [6.07, 6.45) is 4.12. The molecule has 4 rings (SSSR count). The van der Waals surface area contributed by atoms with Crippen LogP contribution < -0.4 is 5.32 Å². The number of rotatable bonds is 8. The summed E-state index contributed by atoms with van der Waals surface area (Å²) < 4.78 is 10.6. The smallest absolute Gasteiger partial charge is 0.310 e. The fourth-order valence-electron chi connectivity index (χ4n) is 4.50. The summed E-state index contributed by atoms with van der Waals surface area (Å²) in [6, 6.07) is 0.